The second kappa shape index (κ2) is 11.2. The van der Waals surface area contributed by atoms with Crippen LogP contribution >= 0.6 is 11.8 Å². The van der Waals surface area contributed by atoms with Crippen LogP contribution in [0.2, 0.25) is 0 Å². The highest BCUT2D eigenvalue weighted by molar-refractivity contribution is 7.99. The van der Waals surface area contributed by atoms with E-state index in [-0.39, 0.29) is 18.1 Å². The molecule has 0 fully saturated rings. The summed E-state index contributed by atoms with van der Waals surface area (Å²) in [5.41, 5.74) is 1.73. The maximum absolute atomic E-state index is 13.0. The molecule has 31 heavy (non-hydrogen) atoms. The standard InChI is InChI=1S/C23H25N5O2S/c1-3-27-22(18-9-6-5-7-10-18)25-26-23(27)31-17-21(29)28(16-8-15-24)19-11-13-20(14-12-19)30-4-2/h5-7,9-14H,3-4,8,16-17H2,1-2H3. The Labute approximate surface area is 186 Å². The van der Waals surface area contributed by atoms with Crippen molar-refractivity contribution in [2.75, 3.05) is 23.8 Å². The Morgan fingerprint density at radius 1 is 1.13 bits per heavy atom. The van der Waals surface area contributed by atoms with Gasteiger partial charge in [0.1, 0.15) is 5.75 Å². The van der Waals surface area contributed by atoms with Crippen molar-refractivity contribution in [3.05, 3.63) is 54.6 Å². The second-order valence-electron chi connectivity index (χ2n) is 6.59. The molecule has 1 aromatic heterocycles. The minimum atomic E-state index is -0.0867. The number of carbonyl (C=O) groups is 1. The van der Waals surface area contributed by atoms with Gasteiger partial charge in [-0.25, -0.2) is 0 Å². The normalized spacial score (nSPS) is 10.5. The summed E-state index contributed by atoms with van der Waals surface area (Å²) in [5.74, 6) is 1.64. The lowest BCUT2D eigenvalue weighted by atomic mass is 10.2. The number of anilines is 1. The molecule has 3 rings (SSSR count). The van der Waals surface area contributed by atoms with Crippen molar-refractivity contribution in [2.45, 2.75) is 32.0 Å². The van der Waals surface area contributed by atoms with Gasteiger partial charge >= 0.3 is 0 Å². The van der Waals surface area contributed by atoms with Gasteiger partial charge in [0.2, 0.25) is 5.91 Å². The molecule has 0 aliphatic carbocycles. The fourth-order valence-electron chi connectivity index (χ4n) is 3.13. The number of hydrogen-bond donors (Lipinski definition) is 0. The molecule has 1 heterocycles. The summed E-state index contributed by atoms with van der Waals surface area (Å²) < 4.78 is 7.48. The van der Waals surface area contributed by atoms with Gasteiger partial charge < -0.3 is 14.2 Å². The third-order valence-corrected chi connectivity index (χ3v) is 5.55. The first-order valence-corrected chi connectivity index (χ1v) is 11.2. The molecule has 8 heteroatoms. The van der Waals surface area contributed by atoms with E-state index in [0.29, 0.717) is 24.9 Å². The van der Waals surface area contributed by atoms with E-state index < -0.39 is 0 Å². The number of hydrogen-bond acceptors (Lipinski definition) is 6. The van der Waals surface area contributed by atoms with Crippen molar-refractivity contribution in [1.82, 2.24) is 14.8 Å². The van der Waals surface area contributed by atoms with Crippen LogP contribution in [0.4, 0.5) is 5.69 Å². The minimum Gasteiger partial charge on any atom is -0.494 e. The Bertz CT molecular complexity index is 1030. The van der Waals surface area contributed by atoms with Crippen LogP contribution in [-0.2, 0) is 11.3 Å². The van der Waals surface area contributed by atoms with Gasteiger partial charge in [-0.1, -0.05) is 42.1 Å². The van der Waals surface area contributed by atoms with Gasteiger partial charge in [0.05, 0.1) is 24.8 Å². The molecule has 0 saturated carbocycles. The zero-order valence-electron chi connectivity index (χ0n) is 17.7. The van der Waals surface area contributed by atoms with Crippen LogP contribution in [0.25, 0.3) is 11.4 Å². The van der Waals surface area contributed by atoms with E-state index in [4.69, 9.17) is 10.00 Å². The Morgan fingerprint density at radius 3 is 2.52 bits per heavy atom. The number of nitrogens with zero attached hydrogens (tertiary/aromatic N) is 5. The number of carbonyl (C=O) groups excluding carboxylic acids is 1. The number of benzene rings is 2. The van der Waals surface area contributed by atoms with Crippen LogP contribution < -0.4 is 9.64 Å². The first-order valence-electron chi connectivity index (χ1n) is 10.2. The summed E-state index contributed by atoms with van der Waals surface area (Å²) >= 11 is 1.35. The largest absolute Gasteiger partial charge is 0.494 e. The minimum absolute atomic E-state index is 0.0867. The molecule has 0 unspecified atom stereocenters. The molecule has 0 atom stereocenters. The third kappa shape index (κ3) is 5.64. The predicted molar refractivity (Wildman–Crippen MR) is 122 cm³/mol. The van der Waals surface area contributed by atoms with Crippen LogP contribution in [0, 0.1) is 11.3 Å². The van der Waals surface area contributed by atoms with Crippen LogP contribution in [0.1, 0.15) is 20.3 Å². The van der Waals surface area contributed by atoms with Crippen LogP contribution in [-0.4, -0.2) is 39.6 Å². The fourth-order valence-corrected chi connectivity index (χ4v) is 4.01. The molecular formula is C23H25N5O2S. The van der Waals surface area contributed by atoms with Gasteiger partial charge in [-0.05, 0) is 38.1 Å². The lowest BCUT2D eigenvalue weighted by molar-refractivity contribution is -0.116. The summed E-state index contributed by atoms with van der Waals surface area (Å²) in [7, 11) is 0. The quantitative estimate of drug-likeness (QED) is 0.439. The van der Waals surface area contributed by atoms with Gasteiger partial charge in [-0.15, -0.1) is 10.2 Å². The van der Waals surface area contributed by atoms with E-state index in [1.165, 1.54) is 11.8 Å². The fraction of sp³-hybridized carbons (Fsp3) is 0.304. The van der Waals surface area contributed by atoms with Gasteiger partial charge in [-0.3, -0.25) is 4.79 Å². The van der Waals surface area contributed by atoms with Gasteiger partial charge in [0.25, 0.3) is 0 Å². The van der Waals surface area contributed by atoms with Crippen molar-refractivity contribution in [1.29, 1.82) is 5.26 Å². The highest BCUT2D eigenvalue weighted by Gasteiger charge is 2.19. The van der Waals surface area contributed by atoms with E-state index in [2.05, 4.69) is 16.3 Å². The molecule has 0 radical (unpaired) electrons. The lowest BCUT2D eigenvalue weighted by Crippen LogP contribution is -2.33. The summed E-state index contributed by atoms with van der Waals surface area (Å²) in [6.07, 6.45) is 0.257. The molecule has 0 bridgehead atoms. The summed E-state index contributed by atoms with van der Waals surface area (Å²) in [6, 6.07) is 19.3. The van der Waals surface area contributed by atoms with Gasteiger partial charge in [0.15, 0.2) is 11.0 Å². The topological polar surface area (TPSA) is 84.0 Å². The Kier molecular flexibility index (Phi) is 8.07. The summed E-state index contributed by atoms with van der Waals surface area (Å²) in [5, 5.41) is 18.3. The van der Waals surface area contributed by atoms with Gasteiger partial charge in [0, 0.05) is 24.3 Å². The van der Waals surface area contributed by atoms with Crippen LogP contribution in [0.5, 0.6) is 5.75 Å². The van der Waals surface area contributed by atoms with Gasteiger partial charge in [-0.2, -0.15) is 5.26 Å². The number of thioether (sulfide) groups is 1. The van der Waals surface area contributed by atoms with E-state index in [9.17, 15) is 4.79 Å². The Morgan fingerprint density at radius 2 is 1.87 bits per heavy atom. The second-order valence-corrected chi connectivity index (χ2v) is 7.53. The molecule has 2 aromatic carbocycles. The van der Waals surface area contributed by atoms with E-state index in [0.717, 1.165) is 22.8 Å². The van der Waals surface area contributed by atoms with Crippen molar-refractivity contribution in [2.24, 2.45) is 0 Å². The van der Waals surface area contributed by atoms with E-state index >= 15 is 0 Å². The number of aromatic nitrogens is 3. The maximum atomic E-state index is 13.0. The smallest absolute Gasteiger partial charge is 0.237 e. The van der Waals surface area contributed by atoms with E-state index in [1.807, 2.05) is 73.0 Å². The van der Waals surface area contributed by atoms with Crippen molar-refractivity contribution in [3.63, 3.8) is 0 Å². The number of nitriles is 1. The van der Waals surface area contributed by atoms with Crippen molar-refractivity contribution in [3.8, 4) is 23.2 Å². The molecule has 0 N–H and O–H groups in total. The molecule has 1 amide bonds. The first-order chi connectivity index (χ1) is 15.2. The molecule has 3 aromatic rings. The molecule has 0 aliphatic heterocycles. The first kappa shape index (κ1) is 22.4. The molecular weight excluding hydrogens is 410 g/mol. The predicted octanol–water partition coefficient (Wildman–Crippen LogP) is 4.40. The maximum Gasteiger partial charge on any atom is 0.237 e. The lowest BCUT2D eigenvalue weighted by Gasteiger charge is -2.22. The van der Waals surface area contributed by atoms with Crippen molar-refractivity contribution < 1.29 is 9.53 Å². The zero-order chi connectivity index (χ0) is 22.1. The Hall–Kier alpha value is -3.31. The molecule has 160 valence electrons. The van der Waals surface area contributed by atoms with Crippen molar-refractivity contribution >= 4 is 23.4 Å². The SMILES string of the molecule is CCOc1ccc(N(CCC#N)C(=O)CSc2nnc(-c3ccccc3)n2CC)cc1. The highest BCUT2D eigenvalue weighted by Crippen LogP contribution is 2.25. The summed E-state index contributed by atoms with van der Waals surface area (Å²) in [6.45, 7) is 5.56. The van der Waals surface area contributed by atoms with Crippen LogP contribution in [0.3, 0.4) is 0 Å². The average Bonchev–Trinajstić information content (AvgIpc) is 3.22. The molecule has 0 saturated heterocycles. The van der Waals surface area contributed by atoms with E-state index in [1.54, 1.807) is 4.90 Å². The molecule has 0 spiro atoms. The molecule has 0 aliphatic rings. The number of amides is 1. The number of ether oxygens (including phenoxy) is 1. The monoisotopic (exact) mass is 435 g/mol. The average molecular weight is 436 g/mol. The summed E-state index contributed by atoms with van der Waals surface area (Å²) in [4.78, 5) is 14.7. The Balaban J connectivity index is 1.74. The zero-order valence-corrected chi connectivity index (χ0v) is 18.5. The molecule has 7 nitrogen and oxygen atoms in total. The third-order valence-electron chi connectivity index (χ3n) is 4.60. The highest BCUT2D eigenvalue weighted by atomic mass is 32.2. The van der Waals surface area contributed by atoms with Crippen LogP contribution in [0.15, 0.2) is 59.8 Å². The number of rotatable bonds is 10.